The molecule has 0 aliphatic heterocycles. The molecule has 0 atom stereocenters. The van der Waals surface area contributed by atoms with E-state index in [1.165, 1.54) is 11.8 Å². The van der Waals surface area contributed by atoms with E-state index in [9.17, 15) is 4.79 Å². The summed E-state index contributed by atoms with van der Waals surface area (Å²) in [5, 5.41) is 10.1. The molecule has 0 fully saturated rings. The van der Waals surface area contributed by atoms with Crippen LogP contribution in [0.4, 0.5) is 0 Å². The highest BCUT2D eigenvalue weighted by Crippen LogP contribution is 2.29. The molecule has 0 aliphatic carbocycles. The van der Waals surface area contributed by atoms with Crippen LogP contribution >= 0.6 is 23.4 Å². The van der Waals surface area contributed by atoms with Crippen molar-refractivity contribution in [2.24, 2.45) is 0 Å². The van der Waals surface area contributed by atoms with Crippen molar-refractivity contribution >= 4 is 29.3 Å². The highest BCUT2D eigenvalue weighted by atomic mass is 35.5. The first-order valence-corrected chi connectivity index (χ1v) is 13.2. The molecule has 0 unspecified atom stereocenters. The minimum atomic E-state index is 0.0402. The topological polar surface area (TPSA) is 60.2 Å². The van der Waals surface area contributed by atoms with Crippen LogP contribution in [0.5, 0.6) is 0 Å². The lowest BCUT2D eigenvalue weighted by molar-refractivity contribution is -0.129. The summed E-state index contributed by atoms with van der Waals surface area (Å²) >= 11 is 7.85. The lowest BCUT2D eigenvalue weighted by Crippen LogP contribution is -2.31. The van der Waals surface area contributed by atoms with Crippen LogP contribution in [-0.2, 0) is 29.2 Å². The van der Waals surface area contributed by atoms with Gasteiger partial charge in [-0.15, -0.1) is 10.2 Å². The van der Waals surface area contributed by atoms with Crippen LogP contribution in [0.25, 0.3) is 11.4 Å². The summed E-state index contributed by atoms with van der Waals surface area (Å²) in [5.41, 5.74) is 3.00. The summed E-state index contributed by atoms with van der Waals surface area (Å²) in [6, 6.07) is 27.7. The Morgan fingerprint density at radius 1 is 0.917 bits per heavy atom. The summed E-state index contributed by atoms with van der Waals surface area (Å²) in [7, 11) is 1.68. The lowest BCUT2D eigenvalue weighted by atomic mass is 10.1. The molecule has 6 nitrogen and oxygen atoms in total. The van der Waals surface area contributed by atoms with Gasteiger partial charge in [0, 0.05) is 38.9 Å². The van der Waals surface area contributed by atoms with E-state index in [1.54, 1.807) is 7.11 Å². The molecule has 0 bridgehead atoms. The van der Waals surface area contributed by atoms with E-state index in [2.05, 4.69) is 10.2 Å². The van der Waals surface area contributed by atoms with Gasteiger partial charge in [0.05, 0.1) is 10.8 Å². The first kappa shape index (κ1) is 25.9. The summed E-state index contributed by atoms with van der Waals surface area (Å²) in [4.78, 5) is 15.3. The number of nitrogens with zero attached hydrogens (tertiary/aromatic N) is 4. The zero-order valence-electron chi connectivity index (χ0n) is 20.2. The summed E-state index contributed by atoms with van der Waals surface area (Å²) in [6.45, 7) is 2.36. The Bertz CT molecular complexity index is 1210. The number of methoxy groups -OCH3 is 1. The predicted octanol–water partition coefficient (Wildman–Crippen LogP) is 5.96. The Hall–Kier alpha value is -3.13. The molecule has 3 aromatic carbocycles. The minimum Gasteiger partial charge on any atom is -0.385 e. The Labute approximate surface area is 221 Å². The van der Waals surface area contributed by atoms with Crippen molar-refractivity contribution in [2.75, 3.05) is 19.5 Å². The molecule has 4 aromatic rings. The third-order valence-corrected chi connectivity index (χ3v) is 6.95. The van der Waals surface area contributed by atoms with Gasteiger partial charge in [0.25, 0.3) is 0 Å². The smallest absolute Gasteiger partial charge is 0.233 e. The second-order valence-electron chi connectivity index (χ2n) is 8.29. The number of amides is 1. The fourth-order valence-corrected chi connectivity index (χ4v) is 4.95. The maximum atomic E-state index is 13.4. The summed E-state index contributed by atoms with van der Waals surface area (Å²) < 4.78 is 7.27. The van der Waals surface area contributed by atoms with Crippen molar-refractivity contribution in [2.45, 2.75) is 31.2 Å². The second-order valence-corrected chi connectivity index (χ2v) is 9.64. The SMILES string of the molecule is COCCCn1c(SCC(=O)N(Cc2ccccc2)Cc2ccccc2)nnc1-c1ccccc1Cl. The zero-order valence-corrected chi connectivity index (χ0v) is 21.8. The summed E-state index contributed by atoms with van der Waals surface area (Å²) in [6.07, 6.45) is 0.793. The number of ether oxygens (including phenoxy) is 1. The number of hydrogen-bond donors (Lipinski definition) is 0. The number of rotatable bonds is 12. The fourth-order valence-electron chi connectivity index (χ4n) is 3.86. The molecule has 1 aromatic heterocycles. The van der Waals surface area contributed by atoms with Gasteiger partial charge in [-0.05, 0) is 29.7 Å². The fraction of sp³-hybridized carbons (Fsp3) is 0.250. The van der Waals surface area contributed by atoms with Crippen LogP contribution < -0.4 is 0 Å². The third kappa shape index (κ3) is 6.97. The van der Waals surface area contributed by atoms with Crippen molar-refractivity contribution in [3.63, 3.8) is 0 Å². The molecule has 0 saturated carbocycles. The third-order valence-electron chi connectivity index (χ3n) is 5.67. The molecule has 1 heterocycles. The van der Waals surface area contributed by atoms with E-state index < -0.39 is 0 Å². The first-order valence-electron chi connectivity index (χ1n) is 11.8. The Morgan fingerprint density at radius 3 is 2.14 bits per heavy atom. The van der Waals surface area contributed by atoms with Gasteiger partial charge in [0.15, 0.2) is 11.0 Å². The highest BCUT2D eigenvalue weighted by molar-refractivity contribution is 7.99. The molecular formula is C28H29ClN4O2S. The molecule has 8 heteroatoms. The molecule has 0 aliphatic rings. The minimum absolute atomic E-state index is 0.0402. The number of thioether (sulfide) groups is 1. The van der Waals surface area contributed by atoms with E-state index in [0.717, 1.165) is 23.1 Å². The van der Waals surface area contributed by atoms with Crippen LogP contribution in [0, 0.1) is 0 Å². The van der Waals surface area contributed by atoms with Crippen molar-refractivity contribution in [3.05, 3.63) is 101 Å². The van der Waals surface area contributed by atoms with Crippen molar-refractivity contribution in [1.29, 1.82) is 0 Å². The Morgan fingerprint density at radius 2 is 1.53 bits per heavy atom. The largest absolute Gasteiger partial charge is 0.385 e. The van der Waals surface area contributed by atoms with Crippen molar-refractivity contribution in [3.8, 4) is 11.4 Å². The molecule has 0 saturated heterocycles. The normalized spacial score (nSPS) is 10.9. The average Bonchev–Trinajstić information content (AvgIpc) is 3.31. The molecular weight excluding hydrogens is 492 g/mol. The van der Waals surface area contributed by atoms with E-state index in [1.807, 2.05) is 94.4 Å². The molecule has 0 radical (unpaired) electrons. The van der Waals surface area contributed by atoms with Crippen LogP contribution in [0.2, 0.25) is 5.02 Å². The number of aromatic nitrogens is 3. The van der Waals surface area contributed by atoms with E-state index >= 15 is 0 Å². The van der Waals surface area contributed by atoms with Crippen LogP contribution in [0.1, 0.15) is 17.5 Å². The molecule has 0 spiro atoms. The quantitative estimate of drug-likeness (QED) is 0.170. The van der Waals surface area contributed by atoms with Gasteiger partial charge in [0.1, 0.15) is 0 Å². The van der Waals surface area contributed by atoms with Crippen LogP contribution in [-0.4, -0.2) is 45.0 Å². The first-order chi connectivity index (χ1) is 17.7. The number of hydrogen-bond acceptors (Lipinski definition) is 5. The number of halogens is 1. The lowest BCUT2D eigenvalue weighted by Gasteiger charge is -2.23. The summed E-state index contributed by atoms with van der Waals surface area (Å²) in [5.74, 6) is 0.987. The Kier molecular flexibility index (Phi) is 9.55. The van der Waals surface area contributed by atoms with Gasteiger partial charge >= 0.3 is 0 Å². The van der Waals surface area contributed by atoms with Gasteiger partial charge in [0.2, 0.25) is 5.91 Å². The van der Waals surface area contributed by atoms with E-state index in [-0.39, 0.29) is 11.7 Å². The number of benzene rings is 3. The average molecular weight is 521 g/mol. The van der Waals surface area contributed by atoms with Crippen molar-refractivity contribution in [1.82, 2.24) is 19.7 Å². The van der Waals surface area contributed by atoms with Gasteiger partial charge in [-0.3, -0.25) is 4.79 Å². The zero-order chi connectivity index (χ0) is 25.2. The van der Waals surface area contributed by atoms with Crippen molar-refractivity contribution < 1.29 is 9.53 Å². The second kappa shape index (κ2) is 13.3. The highest BCUT2D eigenvalue weighted by Gasteiger charge is 2.20. The van der Waals surface area contributed by atoms with E-state index in [4.69, 9.17) is 16.3 Å². The maximum absolute atomic E-state index is 13.4. The molecule has 4 rings (SSSR count). The predicted molar refractivity (Wildman–Crippen MR) is 145 cm³/mol. The van der Waals surface area contributed by atoms with Gasteiger partial charge in [-0.2, -0.15) is 0 Å². The molecule has 1 amide bonds. The standard InChI is InChI=1S/C28H29ClN4O2S/c1-35-18-10-17-33-27(24-15-8-9-16-25(24)29)30-31-28(33)36-21-26(34)32(19-22-11-4-2-5-12-22)20-23-13-6-3-7-14-23/h2-9,11-16H,10,17-21H2,1H3. The molecule has 0 N–H and O–H groups in total. The Balaban J connectivity index is 1.53. The maximum Gasteiger partial charge on any atom is 0.233 e. The monoisotopic (exact) mass is 520 g/mol. The van der Waals surface area contributed by atoms with Gasteiger partial charge < -0.3 is 14.2 Å². The molecule has 186 valence electrons. The van der Waals surface area contributed by atoms with E-state index in [0.29, 0.717) is 42.2 Å². The molecule has 36 heavy (non-hydrogen) atoms. The number of carbonyl (C=O) groups is 1. The number of carbonyl (C=O) groups excluding carboxylic acids is 1. The van der Waals surface area contributed by atoms with Crippen LogP contribution in [0.3, 0.4) is 0 Å². The van der Waals surface area contributed by atoms with Gasteiger partial charge in [-0.1, -0.05) is 96.2 Å². The van der Waals surface area contributed by atoms with Gasteiger partial charge in [-0.25, -0.2) is 0 Å². The van der Waals surface area contributed by atoms with Crippen LogP contribution in [0.15, 0.2) is 90.1 Å².